The number of ether oxygens (including phenoxy) is 1. The second kappa shape index (κ2) is 9.44. The van der Waals surface area contributed by atoms with E-state index in [0.717, 1.165) is 13.2 Å². The first kappa shape index (κ1) is 13.9. The van der Waals surface area contributed by atoms with Crippen LogP contribution in [0.25, 0.3) is 0 Å². The van der Waals surface area contributed by atoms with Crippen molar-refractivity contribution in [2.45, 2.75) is 39.7 Å². The van der Waals surface area contributed by atoms with Crippen molar-refractivity contribution < 1.29 is 9.84 Å². The Balaban J connectivity index is 3.25. The van der Waals surface area contributed by atoms with Gasteiger partial charge in [0.2, 0.25) is 0 Å². The minimum absolute atomic E-state index is 0.372. The van der Waals surface area contributed by atoms with Crippen LogP contribution in [0.3, 0.4) is 0 Å². The zero-order chi connectivity index (χ0) is 10.8. The minimum atomic E-state index is -0.372. The fourth-order valence-electron chi connectivity index (χ4n) is 1.35. The Labute approximate surface area is 87.8 Å². The van der Waals surface area contributed by atoms with Crippen LogP contribution in [0.2, 0.25) is 0 Å². The fourth-order valence-corrected chi connectivity index (χ4v) is 1.35. The number of hydrogen-bond acceptors (Lipinski definition) is 3. The van der Waals surface area contributed by atoms with E-state index in [1.54, 1.807) is 0 Å². The maximum Gasteiger partial charge on any atom is 0.0897 e. The van der Waals surface area contributed by atoms with Gasteiger partial charge in [0.15, 0.2) is 0 Å². The number of likely N-dealkylation sites (N-methyl/N-ethyl adjacent to an activating group) is 1. The van der Waals surface area contributed by atoms with Crippen molar-refractivity contribution in [1.82, 2.24) is 5.32 Å². The first-order valence-corrected chi connectivity index (χ1v) is 5.67. The topological polar surface area (TPSA) is 41.5 Å². The van der Waals surface area contributed by atoms with Crippen LogP contribution in [-0.4, -0.2) is 37.5 Å². The van der Waals surface area contributed by atoms with Gasteiger partial charge < -0.3 is 15.2 Å². The summed E-state index contributed by atoms with van der Waals surface area (Å²) in [6.07, 6.45) is 2.03. The smallest absolute Gasteiger partial charge is 0.0897 e. The highest BCUT2D eigenvalue weighted by Gasteiger charge is 2.05. The fraction of sp³-hybridized carbons (Fsp3) is 1.00. The van der Waals surface area contributed by atoms with Gasteiger partial charge in [0, 0.05) is 13.2 Å². The van der Waals surface area contributed by atoms with Crippen LogP contribution in [0.15, 0.2) is 0 Å². The third-order valence-electron chi connectivity index (χ3n) is 2.12. The van der Waals surface area contributed by atoms with E-state index >= 15 is 0 Å². The molecule has 0 bridgehead atoms. The minimum Gasteiger partial charge on any atom is -0.389 e. The molecule has 0 heterocycles. The van der Waals surface area contributed by atoms with E-state index in [1.165, 1.54) is 12.8 Å². The molecule has 2 N–H and O–H groups in total. The first-order chi connectivity index (χ1) is 6.70. The molecule has 2 atom stereocenters. The molecule has 0 spiro atoms. The van der Waals surface area contributed by atoms with Gasteiger partial charge in [-0.05, 0) is 18.9 Å². The summed E-state index contributed by atoms with van der Waals surface area (Å²) in [5, 5.41) is 12.5. The van der Waals surface area contributed by atoms with Gasteiger partial charge in [-0.15, -0.1) is 0 Å². The van der Waals surface area contributed by atoms with Gasteiger partial charge in [0.05, 0.1) is 12.7 Å². The molecule has 0 aromatic carbocycles. The van der Waals surface area contributed by atoms with E-state index in [9.17, 15) is 5.11 Å². The Morgan fingerprint density at radius 3 is 2.57 bits per heavy atom. The molecule has 0 aliphatic carbocycles. The van der Waals surface area contributed by atoms with Crippen molar-refractivity contribution in [2.75, 3.05) is 26.3 Å². The molecule has 0 aromatic heterocycles. The molecule has 0 rings (SSSR count). The molecule has 0 aliphatic heterocycles. The van der Waals surface area contributed by atoms with Crippen molar-refractivity contribution in [3.8, 4) is 0 Å². The second-order valence-corrected chi connectivity index (χ2v) is 3.89. The Kier molecular flexibility index (Phi) is 9.35. The summed E-state index contributed by atoms with van der Waals surface area (Å²) >= 11 is 0. The predicted octanol–water partition coefficient (Wildman–Crippen LogP) is 1.41. The van der Waals surface area contributed by atoms with Crippen LogP contribution in [0.1, 0.15) is 33.6 Å². The molecule has 0 radical (unpaired) electrons. The summed E-state index contributed by atoms with van der Waals surface area (Å²) in [5.41, 5.74) is 0. The lowest BCUT2D eigenvalue weighted by Crippen LogP contribution is -2.30. The number of aliphatic hydroxyl groups is 1. The number of rotatable bonds is 9. The molecule has 2 unspecified atom stereocenters. The maximum atomic E-state index is 9.44. The SMILES string of the molecule is CCCC(C)COCC(O)CNCC. The third-order valence-corrected chi connectivity index (χ3v) is 2.12. The van der Waals surface area contributed by atoms with Crippen LogP contribution in [0.4, 0.5) is 0 Å². The highest BCUT2D eigenvalue weighted by Crippen LogP contribution is 2.04. The summed E-state index contributed by atoms with van der Waals surface area (Å²) in [4.78, 5) is 0. The largest absolute Gasteiger partial charge is 0.389 e. The number of hydrogen-bond donors (Lipinski definition) is 2. The van der Waals surface area contributed by atoms with Crippen LogP contribution in [0.5, 0.6) is 0 Å². The Hall–Kier alpha value is -0.120. The Bertz CT molecular complexity index is 120. The van der Waals surface area contributed by atoms with Crippen LogP contribution < -0.4 is 5.32 Å². The summed E-state index contributed by atoms with van der Waals surface area (Å²) in [5.74, 6) is 0.603. The standard InChI is InChI=1S/C11H25NO2/c1-4-6-10(3)8-14-9-11(13)7-12-5-2/h10-13H,4-9H2,1-3H3. The van der Waals surface area contributed by atoms with Crippen LogP contribution in [-0.2, 0) is 4.74 Å². The van der Waals surface area contributed by atoms with Crippen molar-refractivity contribution >= 4 is 0 Å². The van der Waals surface area contributed by atoms with Gasteiger partial charge in [0.1, 0.15) is 0 Å². The maximum absolute atomic E-state index is 9.44. The Morgan fingerprint density at radius 2 is 2.00 bits per heavy atom. The second-order valence-electron chi connectivity index (χ2n) is 3.89. The normalized spacial score (nSPS) is 15.4. The van der Waals surface area contributed by atoms with Crippen molar-refractivity contribution in [3.05, 3.63) is 0 Å². The molecule has 0 fully saturated rings. The summed E-state index contributed by atoms with van der Waals surface area (Å²) in [6, 6.07) is 0. The lowest BCUT2D eigenvalue weighted by Gasteiger charge is -2.14. The summed E-state index contributed by atoms with van der Waals surface area (Å²) in [7, 11) is 0. The van der Waals surface area contributed by atoms with Gasteiger partial charge in [-0.2, -0.15) is 0 Å². The molecule has 0 aromatic rings. The zero-order valence-electron chi connectivity index (χ0n) is 9.75. The van der Waals surface area contributed by atoms with Crippen molar-refractivity contribution in [2.24, 2.45) is 5.92 Å². The summed E-state index contributed by atoms with van der Waals surface area (Å²) in [6.45, 7) is 9.10. The molecule has 3 heteroatoms. The average molecular weight is 203 g/mol. The quantitative estimate of drug-likeness (QED) is 0.595. The average Bonchev–Trinajstić information content (AvgIpc) is 2.15. The third kappa shape index (κ3) is 8.48. The first-order valence-electron chi connectivity index (χ1n) is 5.67. The predicted molar refractivity (Wildman–Crippen MR) is 59.4 cm³/mol. The van der Waals surface area contributed by atoms with Crippen molar-refractivity contribution in [3.63, 3.8) is 0 Å². The van der Waals surface area contributed by atoms with E-state index < -0.39 is 0 Å². The molecule has 86 valence electrons. The van der Waals surface area contributed by atoms with E-state index in [2.05, 4.69) is 19.2 Å². The zero-order valence-corrected chi connectivity index (χ0v) is 9.75. The number of aliphatic hydroxyl groups excluding tert-OH is 1. The molecular formula is C11H25NO2. The van der Waals surface area contributed by atoms with E-state index in [4.69, 9.17) is 4.74 Å². The van der Waals surface area contributed by atoms with Gasteiger partial charge in [-0.1, -0.05) is 27.2 Å². The van der Waals surface area contributed by atoms with Gasteiger partial charge in [0.25, 0.3) is 0 Å². The number of nitrogens with one attached hydrogen (secondary N) is 1. The van der Waals surface area contributed by atoms with Gasteiger partial charge in [-0.25, -0.2) is 0 Å². The van der Waals surface area contributed by atoms with Crippen molar-refractivity contribution in [1.29, 1.82) is 0 Å². The molecular weight excluding hydrogens is 178 g/mol. The highest BCUT2D eigenvalue weighted by atomic mass is 16.5. The monoisotopic (exact) mass is 203 g/mol. The van der Waals surface area contributed by atoms with Crippen LogP contribution >= 0.6 is 0 Å². The lowest BCUT2D eigenvalue weighted by molar-refractivity contribution is 0.0230. The van der Waals surface area contributed by atoms with Gasteiger partial charge in [-0.3, -0.25) is 0 Å². The van der Waals surface area contributed by atoms with Crippen LogP contribution in [0, 0.1) is 5.92 Å². The molecule has 14 heavy (non-hydrogen) atoms. The van der Waals surface area contributed by atoms with Gasteiger partial charge >= 0.3 is 0 Å². The molecule has 0 amide bonds. The molecule has 3 nitrogen and oxygen atoms in total. The highest BCUT2D eigenvalue weighted by molar-refractivity contribution is 4.57. The Morgan fingerprint density at radius 1 is 1.29 bits per heavy atom. The molecule has 0 saturated carbocycles. The van der Waals surface area contributed by atoms with E-state index in [-0.39, 0.29) is 6.10 Å². The van der Waals surface area contributed by atoms with E-state index in [0.29, 0.717) is 19.1 Å². The lowest BCUT2D eigenvalue weighted by atomic mass is 10.1. The molecule has 0 saturated heterocycles. The summed E-state index contributed by atoms with van der Waals surface area (Å²) < 4.78 is 5.42. The molecule has 0 aliphatic rings. The van der Waals surface area contributed by atoms with E-state index in [1.807, 2.05) is 6.92 Å².